The topological polar surface area (TPSA) is 126 Å². The number of fused-ring (bicyclic) bond motifs is 2. The smallest absolute Gasteiger partial charge is 0.251 e. The van der Waals surface area contributed by atoms with E-state index in [0.717, 1.165) is 68.9 Å². The molecule has 2 fully saturated rings. The summed E-state index contributed by atoms with van der Waals surface area (Å²) in [5, 5.41) is 16.8. The van der Waals surface area contributed by atoms with Gasteiger partial charge in [0.1, 0.15) is 17.5 Å². The number of hydrogen-bond donors (Lipinski definition) is 3. The van der Waals surface area contributed by atoms with Gasteiger partial charge in [-0.05, 0) is 38.4 Å². The number of benzene rings is 1. The first-order chi connectivity index (χ1) is 20.8. The Bertz CT molecular complexity index is 1340. The van der Waals surface area contributed by atoms with Gasteiger partial charge in [-0.25, -0.2) is 4.98 Å². The van der Waals surface area contributed by atoms with E-state index >= 15 is 0 Å². The molecule has 1 aromatic carbocycles. The maximum atomic E-state index is 13.2. The Labute approximate surface area is 253 Å². The van der Waals surface area contributed by atoms with Crippen LogP contribution in [-0.4, -0.2) is 115 Å². The van der Waals surface area contributed by atoms with Crippen molar-refractivity contribution < 1.29 is 19.4 Å². The zero-order valence-electron chi connectivity index (χ0n) is 25.5. The van der Waals surface area contributed by atoms with Gasteiger partial charge in [-0.1, -0.05) is 19.8 Å². The molecule has 0 radical (unpaired) electrons. The van der Waals surface area contributed by atoms with Crippen LogP contribution in [0.25, 0.3) is 0 Å². The predicted molar refractivity (Wildman–Crippen MR) is 165 cm³/mol. The summed E-state index contributed by atoms with van der Waals surface area (Å²) in [6.45, 7) is 7.07. The van der Waals surface area contributed by atoms with E-state index in [1.54, 1.807) is 24.2 Å². The number of aromatic nitrogens is 2. The maximum absolute atomic E-state index is 13.2. The molecule has 43 heavy (non-hydrogen) atoms. The number of hydrogen-bond acceptors (Lipinski definition) is 10. The molecule has 2 amide bonds. The molecule has 1 saturated heterocycles. The average molecular weight is 593 g/mol. The molecule has 6 rings (SSSR count). The fourth-order valence-electron chi connectivity index (χ4n) is 6.87. The molecule has 12 heteroatoms. The highest BCUT2D eigenvalue weighted by molar-refractivity contribution is 6.04. The van der Waals surface area contributed by atoms with Gasteiger partial charge in [0.2, 0.25) is 11.9 Å². The molecule has 0 bridgehead atoms. The third-order valence-corrected chi connectivity index (χ3v) is 9.33. The number of amides is 2. The molecule has 1 aromatic heterocycles. The lowest BCUT2D eigenvalue weighted by Crippen LogP contribution is -2.55. The van der Waals surface area contributed by atoms with Crippen molar-refractivity contribution in [2.45, 2.75) is 63.6 Å². The van der Waals surface area contributed by atoms with Crippen LogP contribution in [0.2, 0.25) is 0 Å². The van der Waals surface area contributed by atoms with Crippen LogP contribution in [0.4, 0.5) is 23.1 Å². The van der Waals surface area contributed by atoms with Gasteiger partial charge in [-0.3, -0.25) is 14.5 Å². The summed E-state index contributed by atoms with van der Waals surface area (Å²) >= 11 is 0. The summed E-state index contributed by atoms with van der Waals surface area (Å²) in [6.07, 6.45) is 6.83. The highest BCUT2D eigenvalue weighted by Gasteiger charge is 2.41. The molecule has 4 heterocycles. The van der Waals surface area contributed by atoms with Crippen LogP contribution < -0.4 is 25.2 Å². The van der Waals surface area contributed by atoms with E-state index in [4.69, 9.17) is 9.72 Å². The second-order valence-corrected chi connectivity index (χ2v) is 12.2. The van der Waals surface area contributed by atoms with Crippen LogP contribution >= 0.6 is 0 Å². The lowest BCUT2D eigenvalue weighted by Gasteiger charge is -2.43. The molecular weight excluding hydrogens is 548 g/mol. The molecule has 0 spiro atoms. The number of carbonyl (C=O) groups excluding carboxylic acids is 2. The van der Waals surface area contributed by atoms with E-state index in [1.165, 1.54) is 0 Å². The minimum atomic E-state index is -0.635. The second-order valence-electron chi connectivity index (χ2n) is 12.2. The fourth-order valence-corrected chi connectivity index (χ4v) is 6.87. The number of carbonyl (C=O) groups is 2. The van der Waals surface area contributed by atoms with Crippen molar-refractivity contribution in [1.82, 2.24) is 25.1 Å². The zero-order chi connectivity index (χ0) is 30.1. The third-order valence-electron chi connectivity index (χ3n) is 9.33. The Morgan fingerprint density at radius 2 is 1.93 bits per heavy atom. The first kappa shape index (κ1) is 29.6. The summed E-state index contributed by atoms with van der Waals surface area (Å²) in [5.41, 5.74) is 2.79. The van der Waals surface area contributed by atoms with Crippen molar-refractivity contribution in [1.29, 1.82) is 0 Å². The van der Waals surface area contributed by atoms with Gasteiger partial charge < -0.3 is 35.2 Å². The Balaban J connectivity index is 1.17. The number of piperazine rings is 1. The lowest BCUT2D eigenvalue weighted by molar-refractivity contribution is -0.120. The van der Waals surface area contributed by atoms with Gasteiger partial charge in [0.05, 0.1) is 24.6 Å². The lowest BCUT2D eigenvalue weighted by atomic mass is 10.0. The number of aliphatic hydroxyl groups excluding tert-OH is 1. The van der Waals surface area contributed by atoms with Crippen LogP contribution in [-0.2, 0) is 11.2 Å². The summed E-state index contributed by atoms with van der Waals surface area (Å²) < 4.78 is 5.99. The van der Waals surface area contributed by atoms with Crippen molar-refractivity contribution in [2.75, 3.05) is 75.1 Å². The van der Waals surface area contributed by atoms with Crippen LogP contribution in [0.5, 0.6) is 5.75 Å². The Hall–Kier alpha value is -3.48. The molecule has 3 aliphatic heterocycles. The van der Waals surface area contributed by atoms with Crippen molar-refractivity contribution in [3.05, 3.63) is 29.5 Å². The van der Waals surface area contributed by atoms with Crippen molar-refractivity contribution in [3.63, 3.8) is 0 Å². The number of aliphatic hydroxyl groups is 1. The molecule has 0 unspecified atom stereocenters. The summed E-state index contributed by atoms with van der Waals surface area (Å²) in [6, 6.07) is 3.66. The highest BCUT2D eigenvalue weighted by Crippen LogP contribution is 2.41. The Morgan fingerprint density at radius 3 is 2.67 bits per heavy atom. The SMILES string of the molecule is CC[C@@H]1C(=O)N(C)c2cnc(Nc3ccc(C(=O)NC[C@@H](O)CN4CCN(C)CC4)c4c3OCC4)nc2N1C1CCCC1. The molecular formula is C31H44N8O4. The molecule has 3 N–H and O–H groups in total. The van der Waals surface area contributed by atoms with E-state index in [1.807, 2.05) is 6.07 Å². The van der Waals surface area contributed by atoms with Crippen LogP contribution in [0.1, 0.15) is 54.9 Å². The number of nitrogens with zero attached hydrogens (tertiary/aromatic N) is 6. The summed E-state index contributed by atoms with van der Waals surface area (Å²) in [4.78, 5) is 44.3. The summed E-state index contributed by atoms with van der Waals surface area (Å²) in [5.74, 6) is 1.68. The molecule has 1 saturated carbocycles. The predicted octanol–water partition coefficient (Wildman–Crippen LogP) is 2.00. The van der Waals surface area contributed by atoms with Gasteiger partial charge in [0, 0.05) is 69.9 Å². The number of anilines is 4. The molecule has 4 aliphatic rings. The Morgan fingerprint density at radius 1 is 1.16 bits per heavy atom. The number of rotatable bonds is 9. The van der Waals surface area contributed by atoms with E-state index < -0.39 is 6.10 Å². The maximum Gasteiger partial charge on any atom is 0.251 e. The van der Waals surface area contributed by atoms with Gasteiger partial charge in [0.15, 0.2) is 5.82 Å². The number of nitrogens with one attached hydrogen (secondary N) is 2. The van der Waals surface area contributed by atoms with Crippen LogP contribution in [0.15, 0.2) is 18.3 Å². The van der Waals surface area contributed by atoms with Gasteiger partial charge in [-0.15, -0.1) is 0 Å². The minimum absolute atomic E-state index is 0.0816. The largest absolute Gasteiger partial charge is 0.491 e. The molecule has 12 nitrogen and oxygen atoms in total. The van der Waals surface area contributed by atoms with E-state index in [0.29, 0.717) is 48.9 Å². The van der Waals surface area contributed by atoms with Gasteiger partial charge in [-0.2, -0.15) is 4.98 Å². The van der Waals surface area contributed by atoms with Crippen molar-refractivity contribution in [2.24, 2.45) is 0 Å². The van der Waals surface area contributed by atoms with Crippen molar-refractivity contribution >= 4 is 35.0 Å². The number of β-amino-alcohol motifs (C(OH)–C–C–N with tert-alkyl or cyclic N) is 1. The molecule has 1 aliphatic carbocycles. The fraction of sp³-hybridized carbons (Fsp3) is 0.613. The van der Waals surface area contributed by atoms with Gasteiger partial charge in [0.25, 0.3) is 5.91 Å². The van der Waals surface area contributed by atoms with E-state index in [9.17, 15) is 14.7 Å². The first-order valence-electron chi connectivity index (χ1n) is 15.7. The van der Waals surface area contributed by atoms with Crippen molar-refractivity contribution in [3.8, 4) is 5.75 Å². The molecule has 2 atom stereocenters. The Kier molecular flexibility index (Phi) is 8.69. The van der Waals surface area contributed by atoms with Crippen LogP contribution in [0.3, 0.4) is 0 Å². The second kappa shape index (κ2) is 12.6. The average Bonchev–Trinajstić information content (AvgIpc) is 3.72. The summed E-state index contributed by atoms with van der Waals surface area (Å²) in [7, 11) is 3.90. The normalized spacial score (nSPS) is 21.9. The standard InChI is InChI=1S/C31H44N8O4/c1-4-25-30(42)37(3)26-18-33-31(35-28(26)39(25)20-7-5-6-8-20)34-24-10-9-23(22-11-16-43-27(22)24)29(41)32-17-21(40)19-38-14-12-36(2)13-15-38/h9-10,18,20-21,25,40H,4-8,11-17,19H2,1-3H3,(H,32,41)(H,33,34,35)/t21-,25-/m1/s1. The first-order valence-corrected chi connectivity index (χ1v) is 15.7. The van der Waals surface area contributed by atoms with Crippen LogP contribution in [0, 0.1) is 0 Å². The molecule has 232 valence electrons. The number of ether oxygens (including phenoxy) is 1. The highest BCUT2D eigenvalue weighted by atomic mass is 16.5. The monoisotopic (exact) mass is 592 g/mol. The van der Waals surface area contributed by atoms with E-state index in [-0.39, 0.29) is 30.4 Å². The molecule has 2 aromatic rings. The quantitative estimate of drug-likeness (QED) is 0.398. The minimum Gasteiger partial charge on any atom is -0.491 e. The number of likely N-dealkylation sites (N-methyl/N-ethyl adjacent to an activating group) is 2. The zero-order valence-corrected chi connectivity index (χ0v) is 25.5. The van der Waals surface area contributed by atoms with E-state index in [2.05, 4.69) is 44.3 Å². The third kappa shape index (κ3) is 6.00. The van der Waals surface area contributed by atoms with Gasteiger partial charge >= 0.3 is 0 Å².